The molecule has 1 heterocycles. The predicted molar refractivity (Wildman–Crippen MR) is 37.7 cm³/mol. The molecule has 0 atom stereocenters. The van der Waals surface area contributed by atoms with Crippen LogP contribution in [-0.4, -0.2) is 23.8 Å². The molecule has 0 saturated heterocycles. The number of nitrogens with zero attached hydrogens (tertiary/aromatic N) is 1. The van der Waals surface area contributed by atoms with Gasteiger partial charge in [-0.2, -0.15) is 0 Å². The van der Waals surface area contributed by atoms with Gasteiger partial charge in [0.05, 0.1) is 0 Å². The molecular weight excluding hydrogens is 161 g/mol. The van der Waals surface area contributed by atoms with Crippen LogP contribution in [0.1, 0.15) is 0 Å². The molecule has 37 valence electrons. The van der Waals surface area contributed by atoms with Crippen LogP contribution in [0.3, 0.4) is 0 Å². The van der Waals surface area contributed by atoms with E-state index in [1.807, 2.05) is 18.2 Å². The monoisotopic (exact) mass is 164 g/mol. The molecule has 0 amide bonds. The molecule has 1 rings (SSSR count). The van der Waals surface area contributed by atoms with Crippen molar-refractivity contribution < 1.29 is 0 Å². The number of halogens is 1. The predicted octanol–water partition coefficient (Wildman–Crippen LogP) is 1.46. The van der Waals surface area contributed by atoms with Crippen LogP contribution in [0.25, 0.3) is 0 Å². The molecule has 0 aliphatic carbocycles. The minimum absolute atomic E-state index is 0. The molecule has 3 heteroatoms. The first kappa shape index (κ1) is 8.23. The van der Waals surface area contributed by atoms with Gasteiger partial charge in [-0.3, -0.25) is 0 Å². The third-order valence-corrected chi connectivity index (χ3v) is 1.10. The van der Waals surface area contributed by atoms with Crippen molar-refractivity contribution in [2.45, 2.75) is 0 Å². The van der Waals surface area contributed by atoms with E-state index in [9.17, 15) is 0 Å². The fraction of sp³-hybridized carbons (Fsp3) is 0. The second-order valence-electron chi connectivity index (χ2n) is 1.15. The number of aromatic nitrogens is 1. The maximum absolute atomic E-state index is 3.90. The molecular formula is C5H4BrLiN. The minimum atomic E-state index is 0. The Morgan fingerprint density at radius 3 is 2.38 bits per heavy atom. The van der Waals surface area contributed by atoms with E-state index in [4.69, 9.17) is 0 Å². The standard InChI is InChI=1S/C5H4BrN.Li/c6-5-3-1-2-4-7-5;/h1-4H;. The average Bonchev–Trinajstić information content (AvgIpc) is 1.69. The quantitative estimate of drug-likeness (QED) is 0.418. The summed E-state index contributed by atoms with van der Waals surface area (Å²) in [5.41, 5.74) is 0. The van der Waals surface area contributed by atoms with E-state index in [1.54, 1.807) is 6.20 Å². The maximum Gasteiger partial charge on any atom is 0.106 e. The summed E-state index contributed by atoms with van der Waals surface area (Å²) in [6, 6.07) is 5.70. The summed E-state index contributed by atoms with van der Waals surface area (Å²) in [6.45, 7) is 0. The van der Waals surface area contributed by atoms with Crippen LogP contribution in [0.5, 0.6) is 0 Å². The maximum atomic E-state index is 3.90. The zero-order chi connectivity index (χ0) is 5.11. The average molecular weight is 165 g/mol. The number of rotatable bonds is 0. The molecule has 0 aromatic carbocycles. The first-order valence-corrected chi connectivity index (χ1v) is 2.75. The molecule has 0 N–H and O–H groups in total. The smallest absolute Gasteiger partial charge is 0.106 e. The third-order valence-electron chi connectivity index (χ3n) is 0.629. The molecule has 1 radical (unpaired) electrons. The normalized spacial score (nSPS) is 7.62. The van der Waals surface area contributed by atoms with Crippen molar-refractivity contribution in [3.63, 3.8) is 0 Å². The second-order valence-corrected chi connectivity index (χ2v) is 1.96. The van der Waals surface area contributed by atoms with Gasteiger partial charge in [0, 0.05) is 25.1 Å². The number of hydrogen-bond donors (Lipinski definition) is 0. The van der Waals surface area contributed by atoms with Gasteiger partial charge in [0.1, 0.15) is 4.60 Å². The minimum Gasteiger partial charge on any atom is -0.249 e. The molecule has 0 unspecified atom stereocenters. The largest absolute Gasteiger partial charge is 0.249 e. The fourth-order valence-electron chi connectivity index (χ4n) is 0.342. The van der Waals surface area contributed by atoms with Gasteiger partial charge in [-0.1, -0.05) is 6.07 Å². The Kier molecular flexibility index (Phi) is 4.26. The Bertz CT molecular complexity index is 142. The Labute approximate surface area is 68.8 Å². The molecule has 0 aliphatic rings. The van der Waals surface area contributed by atoms with Crippen molar-refractivity contribution in [3.8, 4) is 0 Å². The fourth-order valence-corrected chi connectivity index (χ4v) is 0.613. The van der Waals surface area contributed by atoms with Crippen LogP contribution in [0.2, 0.25) is 0 Å². The number of pyridine rings is 1. The molecule has 0 aliphatic heterocycles. The van der Waals surface area contributed by atoms with Gasteiger partial charge in [0.2, 0.25) is 0 Å². The van der Waals surface area contributed by atoms with E-state index in [0.717, 1.165) is 4.60 Å². The van der Waals surface area contributed by atoms with E-state index in [1.165, 1.54) is 0 Å². The zero-order valence-electron chi connectivity index (χ0n) is 4.63. The summed E-state index contributed by atoms with van der Waals surface area (Å²) in [5.74, 6) is 0. The Balaban J connectivity index is 0.000000490. The van der Waals surface area contributed by atoms with E-state index < -0.39 is 0 Å². The van der Waals surface area contributed by atoms with Crippen molar-refractivity contribution in [3.05, 3.63) is 29.0 Å². The van der Waals surface area contributed by atoms with Crippen LogP contribution in [0, 0.1) is 0 Å². The summed E-state index contributed by atoms with van der Waals surface area (Å²) in [7, 11) is 0. The van der Waals surface area contributed by atoms with E-state index in [-0.39, 0.29) is 18.9 Å². The van der Waals surface area contributed by atoms with Gasteiger partial charge < -0.3 is 0 Å². The molecule has 0 spiro atoms. The first-order chi connectivity index (χ1) is 3.39. The van der Waals surface area contributed by atoms with E-state index >= 15 is 0 Å². The molecule has 8 heavy (non-hydrogen) atoms. The van der Waals surface area contributed by atoms with Crippen molar-refractivity contribution in [1.29, 1.82) is 0 Å². The van der Waals surface area contributed by atoms with Gasteiger partial charge >= 0.3 is 0 Å². The van der Waals surface area contributed by atoms with Crippen molar-refractivity contribution in [2.75, 3.05) is 0 Å². The van der Waals surface area contributed by atoms with Gasteiger partial charge in [-0.05, 0) is 28.1 Å². The van der Waals surface area contributed by atoms with Crippen molar-refractivity contribution >= 4 is 34.8 Å². The third kappa shape index (κ3) is 2.51. The summed E-state index contributed by atoms with van der Waals surface area (Å²) >= 11 is 3.20. The van der Waals surface area contributed by atoms with Crippen molar-refractivity contribution in [1.82, 2.24) is 4.98 Å². The van der Waals surface area contributed by atoms with Crippen LogP contribution in [0.4, 0.5) is 0 Å². The molecule has 0 fully saturated rings. The SMILES string of the molecule is Brc1ccccn1.[Li]. The summed E-state index contributed by atoms with van der Waals surface area (Å²) in [6.07, 6.45) is 1.74. The Hall–Kier alpha value is 0.227. The van der Waals surface area contributed by atoms with E-state index in [0.29, 0.717) is 0 Å². The Morgan fingerprint density at radius 2 is 2.12 bits per heavy atom. The van der Waals surface area contributed by atoms with Crippen molar-refractivity contribution in [2.24, 2.45) is 0 Å². The van der Waals surface area contributed by atoms with Gasteiger partial charge in [-0.25, -0.2) is 4.98 Å². The van der Waals surface area contributed by atoms with Gasteiger partial charge in [0.25, 0.3) is 0 Å². The summed E-state index contributed by atoms with van der Waals surface area (Å²) in [4.78, 5) is 3.90. The molecule has 0 saturated carbocycles. The van der Waals surface area contributed by atoms with Crippen LogP contribution >= 0.6 is 15.9 Å². The number of hydrogen-bond acceptors (Lipinski definition) is 1. The topological polar surface area (TPSA) is 12.9 Å². The molecule has 1 aromatic heterocycles. The summed E-state index contributed by atoms with van der Waals surface area (Å²) < 4.78 is 0.884. The molecule has 1 nitrogen and oxygen atoms in total. The first-order valence-electron chi connectivity index (χ1n) is 1.96. The van der Waals surface area contributed by atoms with Crippen LogP contribution < -0.4 is 0 Å². The molecule has 1 aromatic rings. The zero-order valence-corrected chi connectivity index (χ0v) is 6.22. The van der Waals surface area contributed by atoms with Gasteiger partial charge in [-0.15, -0.1) is 0 Å². The molecule has 0 bridgehead atoms. The Morgan fingerprint density at radius 1 is 1.38 bits per heavy atom. The van der Waals surface area contributed by atoms with Crippen LogP contribution in [0.15, 0.2) is 29.0 Å². The van der Waals surface area contributed by atoms with Crippen LogP contribution in [-0.2, 0) is 0 Å². The summed E-state index contributed by atoms with van der Waals surface area (Å²) in [5, 5.41) is 0. The van der Waals surface area contributed by atoms with Gasteiger partial charge in [0.15, 0.2) is 0 Å². The van der Waals surface area contributed by atoms with E-state index in [2.05, 4.69) is 20.9 Å². The second kappa shape index (κ2) is 4.14.